The smallest absolute Gasteiger partial charge is 0.336 e. The van der Waals surface area contributed by atoms with Crippen molar-refractivity contribution in [2.45, 2.75) is 82.3 Å². The zero-order valence-electron chi connectivity index (χ0n) is 19.7. The number of terminal acetylenes is 1. The van der Waals surface area contributed by atoms with Gasteiger partial charge < -0.3 is 10.2 Å². The highest BCUT2D eigenvalue weighted by Crippen LogP contribution is 2.69. The van der Waals surface area contributed by atoms with Gasteiger partial charge in [0.2, 0.25) is 0 Å². The fraction of sp³-hybridized carbons (Fsp3) is 0.552. The molecule has 3 unspecified atom stereocenters. The van der Waals surface area contributed by atoms with Crippen LogP contribution in [0.15, 0.2) is 41.0 Å². The Morgan fingerprint density at radius 2 is 1.97 bits per heavy atom. The van der Waals surface area contributed by atoms with Crippen LogP contribution in [0.4, 0.5) is 8.78 Å². The lowest BCUT2D eigenvalue weighted by Gasteiger charge is -2.55. The van der Waals surface area contributed by atoms with Gasteiger partial charge in [-0.25, -0.2) is 0 Å². The second-order valence-corrected chi connectivity index (χ2v) is 11.0. The van der Waals surface area contributed by atoms with Crippen molar-refractivity contribution in [3.05, 3.63) is 57.7 Å². The van der Waals surface area contributed by atoms with Crippen molar-refractivity contribution in [1.29, 1.82) is 5.26 Å². The van der Waals surface area contributed by atoms with Gasteiger partial charge in [0, 0.05) is 11.3 Å². The number of nitrogens with zero attached hydrogens (tertiary/aromatic N) is 1. The Morgan fingerprint density at radius 1 is 1.21 bits per heavy atom. The highest BCUT2D eigenvalue weighted by atomic mass is 19.3. The van der Waals surface area contributed by atoms with Crippen molar-refractivity contribution in [2.75, 3.05) is 0 Å². The topological polar surface area (TPSA) is 64.2 Å². The molecule has 1 aromatic carbocycles. The Labute approximate surface area is 200 Å². The van der Waals surface area contributed by atoms with Gasteiger partial charge in [0.25, 0.3) is 0 Å². The minimum atomic E-state index is -3.61. The molecule has 0 saturated heterocycles. The molecular weight excluding hydrogens is 432 g/mol. The average molecular weight is 464 g/mol. The molecule has 4 aliphatic carbocycles. The largest absolute Gasteiger partial charge is 0.389 e. The molecule has 0 heterocycles. The third-order valence-corrected chi connectivity index (χ3v) is 9.49. The summed E-state index contributed by atoms with van der Waals surface area (Å²) in [6, 6.07) is 7.95. The van der Waals surface area contributed by atoms with Gasteiger partial charge in [-0.05, 0) is 98.0 Å². The zero-order valence-corrected chi connectivity index (χ0v) is 19.7. The maximum atomic E-state index is 15.1. The first-order valence-electron chi connectivity index (χ1n) is 12.3. The van der Waals surface area contributed by atoms with E-state index in [1.165, 1.54) is 16.7 Å². The molecule has 4 aliphatic rings. The molecule has 0 aromatic heterocycles. The lowest BCUT2D eigenvalue weighted by atomic mass is 9.50. The summed E-state index contributed by atoms with van der Waals surface area (Å²) in [4.78, 5) is 0. The van der Waals surface area contributed by atoms with E-state index in [0.717, 1.165) is 30.4 Å². The van der Waals surface area contributed by atoms with Crippen molar-refractivity contribution in [3.8, 4) is 18.4 Å². The van der Waals surface area contributed by atoms with Gasteiger partial charge in [-0.1, -0.05) is 30.7 Å². The van der Waals surface area contributed by atoms with Crippen LogP contribution < -0.4 is 0 Å². The summed E-state index contributed by atoms with van der Waals surface area (Å²) >= 11 is 0. The van der Waals surface area contributed by atoms with Crippen LogP contribution in [0.3, 0.4) is 0 Å². The second kappa shape index (κ2) is 7.77. The summed E-state index contributed by atoms with van der Waals surface area (Å²) in [5, 5.41) is 31.2. The van der Waals surface area contributed by atoms with Gasteiger partial charge in [0.05, 0.1) is 17.7 Å². The molecule has 0 spiro atoms. The van der Waals surface area contributed by atoms with Gasteiger partial charge in [-0.15, -0.1) is 6.42 Å². The summed E-state index contributed by atoms with van der Waals surface area (Å²) in [5.74, 6) is -2.14. The molecular formula is C29H31F2NO2. The van der Waals surface area contributed by atoms with E-state index < -0.39 is 23.0 Å². The number of hydrogen-bond acceptors (Lipinski definition) is 3. The van der Waals surface area contributed by atoms with E-state index >= 15 is 8.78 Å². The van der Waals surface area contributed by atoms with Crippen LogP contribution in [0, 0.1) is 47.8 Å². The highest BCUT2D eigenvalue weighted by molar-refractivity contribution is 5.51. The van der Waals surface area contributed by atoms with E-state index in [0.29, 0.717) is 24.8 Å². The molecule has 0 bridgehead atoms. The number of aliphatic hydroxyl groups is 2. The minimum Gasteiger partial charge on any atom is -0.389 e. The lowest BCUT2D eigenvalue weighted by molar-refractivity contribution is -0.209. The van der Waals surface area contributed by atoms with Crippen LogP contribution in [0.25, 0.3) is 0 Å². The van der Waals surface area contributed by atoms with Gasteiger partial charge >= 0.3 is 5.92 Å². The second-order valence-electron chi connectivity index (χ2n) is 11.0. The first-order chi connectivity index (χ1) is 16.1. The summed E-state index contributed by atoms with van der Waals surface area (Å²) < 4.78 is 30.2. The molecule has 5 rings (SSSR count). The molecule has 0 amide bonds. The third kappa shape index (κ3) is 3.07. The first-order valence-corrected chi connectivity index (χ1v) is 12.3. The molecule has 3 nitrogen and oxygen atoms in total. The Hall–Kier alpha value is -2.47. The van der Waals surface area contributed by atoms with E-state index in [-0.39, 0.29) is 24.2 Å². The molecule has 178 valence electrons. The third-order valence-electron chi connectivity index (χ3n) is 9.49. The van der Waals surface area contributed by atoms with E-state index in [4.69, 9.17) is 6.42 Å². The normalized spacial score (nSPS) is 37.1. The summed E-state index contributed by atoms with van der Waals surface area (Å²) in [6.45, 7) is 3.71. The van der Waals surface area contributed by atoms with E-state index in [1.54, 1.807) is 12.0 Å². The first kappa shape index (κ1) is 23.3. The van der Waals surface area contributed by atoms with Crippen LogP contribution in [0.2, 0.25) is 0 Å². The van der Waals surface area contributed by atoms with E-state index in [1.807, 2.05) is 32.1 Å². The highest BCUT2D eigenvalue weighted by Gasteiger charge is 2.71. The van der Waals surface area contributed by atoms with Gasteiger partial charge in [0.1, 0.15) is 5.60 Å². The molecule has 0 aliphatic heterocycles. The SMILES string of the molecule is C#CC(F)(F)[C@]1(O)CCC2C3CCC4=CC(O)CCC4=C3[C@@H](c3ccc(C#N)c(C)c3)C[C@@]21C. The number of benzene rings is 1. The number of nitriles is 1. The quantitative estimate of drug-likeness (QED) is 0.565. The molecule has 2 N–H and O–H groups in total. The number of aliphatic hydroxyl groups excluding tert-OH is 1. The number of alkyl halides is 2. The molecule has 34 heavy (non-hydrogen) atoms. The molecule has 2 fully saturated rings. The van der Waals surface area contributed by atoms with E-state index in [2.05, 4.69) is 6.07 Å². The van der Waals surface area contributed by atoms with Crippen molar-refractivity contribution < 1.29 is 19.0 Å². The number of halogens is 2. The number of rotatable bonds is 2. The number of allylic oxidation sites excluding steroid dienone is 3. The number of aryl methyl sites for hydroxylation is 1. The monoisotopic (exact) mass is 463 g/mol. The molecule has 5 heteroatoms. The van der Waals surface area contributed by atoms with Crippen molar-refractivity contribution in [1.82, 2.24) is 0 Å². The minimum absolute atomic E-state index is 0.00892. The van der Waals surface area contributed by atoms with Crippen molar-refractivity contribution >= 4 is 0 Å². The Kier molecular flexibility index (Phi) is 5.32. The molecule has 1 aromatic rings. The van der Waals surface area contributed by atoms with Crippen LogP contribution in [-0.4, -0.2) is 27.8 Å². The zero-order chi connectivity index (χ0) is 24.5. The number of fused-ring (bicyclic) bond motifs is 4. The van der Waals surface area contributed by atoms with Crippen molar-refractivity contribution in [3.63, 3.8) is 0 Å². The summed E-state index contributed by atoms with van der Waals surface area (Å²) in [5.41, 5.74) is 2.91. The van der Waals surface area contributed by atoms with Crippen LogP contribution in [-0.2, 0) is 0 Å². The predicted octanol–water partition coefficient (Wildman–Crippen LogP) is 5.56. The maximum absolute atomic E-state index is 15.1. The fourth-order valence-corrected chi connectivity index (χ4v) is 7.75. The van der Waals surface area contributed by atoms with Crippen LogP contribution >= 0.6 is 0 Å². The fourth-order valence-electron chi connectivity index (χ4n) is 7.75. The standard InChI is InChI=1S/C29H31F2NO2/c1-4-29(30,31)28(34)12-11-25-23-9-7-19-14-21(33)8-10-22(19)26(23)24(15-27(25,28)3)18-5-6-20(16-32)17(2)13-18/h1,5-6,13-14,21,23-25,33-34H,7-12,15H2,2-3H3/t21?,23?,24-,25?,27+,28+/m1/s1. The predicted molar refractivity (Wildman–Crippen MR) is 126 cm³/mol. The van der Waals surface area contributed by atoms with Gasteiger partial charge in [-0.2, -0.15) is 14.0 Å². The molecule has 6 atom stereocenters. The maximum Gasteiger partial charge on any atom is 0.336 e. The Morgan fingerprint density at radius 3 is 2.65 bits per heavy atom. The average Bonchev–Trinajstić information content (AvgIpc) is 3.10. The van der Waals surface area contributed by atoms with Gasteiger partial charge in [-0.3, -0.25) is 0 Å². The summed E-state index contributed by atoms with van der Waals surface area (Å²) in [7, 11) is 0. The number of hydrogen-bond donors (Lipinski definition) is 2. The summed E-state index contributed by atoms with van der Waals surface area (Å²) in [6.07, 6.45) is 10.7. The van der Waals surface area contributed by atoms with E-state index in [9.17, 15) is 15.5 Å². The van der Waals surface area contributed by atoms with Crippen LogP contribution in [0.5, 0.6) is 0 Å². The molecule has 0 radical (unpaired) electrons. The molecule has 2 saturated carbocycles. The van der Waals surface area contributed by atoms with Gasteiger partial charge in [0.15, 0.2) is 0 Å². The van der Waals surface area contributed by atoms with Crippen LogP contribution in [0.1, 0.15) is 74.5 Å². The Balaban J connectivity index is 1.71. The van der Waals surface area contributed by atoms with Crippen molar-refractivity contribution in [2.24, 2.45) is 17.3 Å². The lowest BCUT2D eigenvalue weighted by Crippen LogP contribution is -2.60. The Bertz CT molecular complexity index is 1190.